The monoisotopic (exact) mass is 346 g/mol. The van der Waals surface area contributed by atoms with Crippen molar-refractivity contribution >= 4 is 11.8 Å². The molecule has 1 aromatic rings. The lowest BCUT2D eigenvalue weighted by Crippen LogP contribution is -2.48. The molecule has 0 radical (unpaired) electrons. The molecule has 2 heterocycles. The van der Waals surface area contributed by atoms with Gasteiger partial charge in [0.15, 0.2) is 0 Å². The molecular formula is C19H30N4O2. The molecule has 138 valence electrons. The third kappa shape index (κ3) is 4.22. The van der Waals surface area contributed by atoms with Gasteiger partial charge in [0.1, 0.15) is 5.69 Å². The van der Waals surface area contributed by atoms with E-state index in [0.717, 1.165) is 25.1 Å². The van der Waals surface area contributed by atoms with E-state index in [1.807, 2.05) is 15.9 Å². The molecule has 0 unspecified atom stereocenters. The number of carbonyl (C=O) groups excluding carboxylic acids is 2. The second kappa shape index (κ2) is 7.58. The number of hydrogen-bond acceptors (Lipinski definition) is 3. The molecule has 2 amide bonds. The van der Waals surface area contributed by atoms with Gasteiger partial charge in [0, 0.05) is 31.7 Å². The second-order valence-corrected chi connectivity index (χ2v) is 7.83. The van der Waals surface area contributed by atoms with Gasteiger partial charge >= 0.3 is 0 Å². The van der Waals surface area contributed by atoms with Gasteiger partial charge in [-0.1, -0.05) is 27.2 Å². The Morgan fingerprint density at radius 2 is 2.16 bits per heavy atom. The normalized spacial score (nSPS) is 21.8. The maximum atomic E-state index is 12.9. The van der Waals surface area contributed by atoms with Gasteiger partial charge in [-0.15, -0.1) is 0 Å². The highest BCUT2D eigenvalue weighted by Gasteiger charge is 2.37. The zero-order valence-electron chi connectivity index (χ0n) is 15.6. The molecule has 0 aromatic carbocycles. The molecule has 2 fully saturated rings. The number of nitrogens with zero attached hydrogens (tertiary/aromatic N) is 3. The highest BCUT2D eigenvalue weighted by Crippen LogP contribution is 2.32. The molecule has 25 heavy (non-hydrogen) atoms. The van der Waals surface area contributed by atoms with Gasteiger partial charge in [0.2, 0.25) is 5.91 Å². The number of hydrogen-bond donors (Lipinski definition) is 1. The van der Waals surface area contributed by atoms with Crippen molar-refractivity contribution in [1.82, 2.24) is 20.0 Å². The van der Waals surface area contributed by atoms with Gasteiger partial charge in [0.05, 0.1) is 6.04 Å². The van der Waals surface area contributed by atoms with Crippen molar-refractivity contribution in [3.63, 3.8) is 0 Å². The number of carbonyl (C=O) groups is 2. The molecule has 1 aromatic heterocycles. The van der Waals surface area contributed by atoms with Gasteiger partial charge in [-0.25, -0.2) is 0 Å². The Bertz CT molecular complexity index is 621. The first kappa shape index (κ1) is 18.0. The van der Waals surface area contributed by atoms with Crippen LogP contribution >= 0.6 is 0 Å². The van der Waals surface area contributed by atoms with Gasteiger partial charge in [-0.2, -0.15) is 5.10 Å². The average molecular weight is 346 g/mol. The molecular weight excluding hydrogens is 316 g/mol. The van der Waals surface area contributed by atoms with E-state index < -0.39 is 0 Å². The first-order chi connectivity index (χ1) is 12.0. The van der Waals surface area contributed by atoms with E-state index in [-0.39, 0.29) is 17.9 Å². The van der Waals surface area contributed by atoms with Gasteiger partial charge in [-0.3, -0.25) is 14.7 Å². The molecule has 1 aliphatic carbocycles. The van der Waals surface area contributed by atoms with Gasteiger partial charge in [-0.05, 0) is 37.2 Å². The molecule has 6 heteroatoms. The summed E-state index contributed by atoms with van der Waals surface area (Å²) in [6.45, 7) is 8.32. The van der Waals surface area contributed by atoms with Gasteiger partial charge in [0.25, 0.3) is 5.91 Å². The first-order valence-electron chi connectivity index (χ1n) is 9.62. The van der Waals surface area contributed by atoms with Crippen LogP contribution in [-0.4, -0.2) is 57.5 Å². The van der Waals surface area contributed by atoms with Crippen LogP contribution in [0.3, 0.4) is 0 Å². The lowest BCUT2D eigenvalue weighted by Gasteiger charge is -2.34. The molecule has 1 saturated heterocycles. The average Bonchev–Trinajstić information content (AvgIpc) is 3.31. The van der Waals surface area contributed by atoms with E-state index >= 15 is 0 Å². The minimum atomic E-state index is -0.0645. The van der Waals surface area contributed by atoms with E-state index in [1.165, 1.54) is 12.8 Å². The summed E-state index contributed by atoms with van der Waals surface area (Å²) in [7, 11) is 0. The van der Waals surface area contributed by atoms with Crippen molar-refractivity contribution < 1.29 is 9.59 Å². The van der Waals surface area contributed by atoms with E-state index in [1.54, 1.807) is 0 Å². The van der Waals surface area contributed by atoms with E-state index in [4.69, 9.17) is 0 Å². The number of rotatable bonds is 6. The first-order valence-corrected chi connectivity index (χ1v) is 9.62. The fourth-order valence-electron chi connectivity index (χ4n) is 3.58. The van der Waals surface area contributed by atoms with Crippen molar-refractivity contribution in [2.75, 3.05) is 19.6 Å². The van der Waals surface area contributed by atoms with Crippen LogP contribution in [0.2, 0.25) is 0 Å². The quantitative estimate of drug-likeness (QED) is 0.860. The standard InChI is InChI=1S/C19H30N4O2/c1-4-5-15-10-16(21-20-15)19(25)22-9-8-18(24)23(11-14-6-7-14)17(12-22)13(2)3/h10,13-14,17H,4-9,11-12H2,1-3H3,(H,20,21)/t17-/m0/s1. The fraction of sp³-hybridized carbons (Fsp3) is 0.737. The number of aryl methyl sites for hydroxylation is 1. The summed E-state index contributed by atoms with van der Waals surface area (Å²) >= 11 is 0. The Morgan fingerprint density at radius 3 is 2.80 bits per heavy atom. The second-order valence-electron chi connectivity index (χ2n) is 7.83. The van der Waals surface area contributed by atoms with E-state index in [9.17, 15) is 9.59 Å². The molecule has 1 aliphatic heterocycles. The van der Waals surface area contributed by atoms with Crippen LogP contribution in [0.25, 0.3) is 0 Å². The maximum Gasteiger partial charge on any atom is 0.274 e. The smallest absolute Gasteiger partial charge is 0.274 e. The molecule has 6 nitrogen and oxygen atoms in total. The minimum absolute atomic E-state index is 0.0645. The number of nitrogens with one attached hydrogen (secondary N) is 1. The molecule has 3 rings (SSSR count). The summed E-state index contributed by atoms with van der Waals surface area (Å²) in [5.74, 6) is 1.11. The van der Waals surface area contributed by atoms with Crippen molar-refractivity contribution in [2.24, 2.45) is 11.8 Å². The third-order valence-corrected chi connectivity index (χ3v) is 5.30. The van der Waals surface area contributed by atoms with E-state index in [2.05, 4.69) is 31.0 Å². The summed E-state index contributed by atoms with van der Waals surface area (Å²) in [4.78, 5) is 29.4. The Kier molecular flexibility index (Phi) is 5.45. The SMILES string of the molecule is CCCc1cc(C(=O)N2CCC(=O)N(CC3CC3)[C@H](C(C)C)C2)n[nH]1. The summed E-state index contributed by atoms with van der Waals surface area (Å²) in [5.41, 5.74) is 1.46. The lowest BCUT2D eigenvalue weighted by molar-refractivity contribution is -0.133. The Hall–Kier alpha value is -1.85. The summed E-state index contributed by atoms with van der Waals surface area (Å²) < 4.78 is 0. The van der Waals surface area contributed by atoms with Crippen LogP contribution < -0.4 is 0 Å². The van der Waals surface area contributed by atoms with Crippen LogP contribution in [0.1, 0.15) is 62.6 Å². The summed E-state index contributed by atoms with van der Waals surface area (Å²) in [5, 5.41) is 7.15. The van der Waals surface area contributed by atoms with Crippen molar-refractivity contribution in [3.8, 4) is 0 Å². The van der Waals surface area contributed by atoms with Crippen LogP contribution in [0, 0.1) is 11.8 Å². The van der Waals surface area contributed by atoms with Crippen molar-refractivity contribution in [3.05, 3.63) is 17.5 Å². The number of H-pyrrole nitrogens is 1. The molecule has 2 aliphatic rings. The van der Waals surface area contributed by atoms with Crippen LogP contribution in [-0.2, 0) is 11.2 Å². The highest BCUT2D eigenvalue weighted by atomic mass is 16.2. The number of aromatic amines is 1. The van der Waals surface area contributed by atoms with Gasteiger partial charge < -0.3 is 9.80 Å². The summed E-state index contributed by atoms with van der Waals surface area (Å²) in [6, 6.07) is 1.94. The molecule has 1 N–H and O–H groups in total. The number of aromatic nitrogens is 2. The zero-order chi connectivity index (χ0) is 18.0. The molecule has 1 atom stereocenters. The van der Waals surface area contributed by atoms with Crippen LogP contribution in [0.4, 0.5) is 0 Å². The highest BCUT2D eigenvalue weighted by molar-refractivity contribution is 5.93. The number of amides is 2. The largest absolute Gasteiger partial charge is 0.337 e. The Labute approximate surface area is 149 Å². The maximum absolute atomic E-state index is 12.9. The topological polar surface area (TPSA) is 69.3 Å². The predicted octanol–water partition coefficient (Wildman–Crippen LogP) is 2.47. The van der Waals surface area contributed by atoms with Crippen molar-refractivity contribution in [1.29, 1.82) is 0 Å². The fourth-order valence-corrected chi connectivity index (χ4v) is 3.58. The molecule has 0 bridgehead atoms. The Morgan fingerprint density at radius 1 is 1.40 bits per heavy atom. The van der Waals surface area contributed by atoms with E-state index in [0.29, 0.717) is 37.0 Å². The molecule has 0 spiro atoms. The third-order valence-electron chi connectivity index (χ3n) is 5.30. The lowest BCUT2D eigenvalue weighted by atomic mass is 10.0. The summed E-state index contributed by atoms with van der Waals surface area (Å²) in [6.07, 6.45) is 4.77. The predicted molar refractivity (Wildman–Crippen MR) is 96.2 cm³/mol. The molecule has 1 saturated carbocycles. The minimum Gasteiger partial charge on any atom is -0.337 e. The zero-order valence-corrected chi connectivity index (χ0v) is 15.6. The Balaban J connectivity index is 1.74. The van der Waals surface area contributed by atoms with Crippen LogP contribution in [0.5, 0.6) is 0 Å². The van der Waals surface area contributed by atoms with Crippen molar-refractivity contribution in [2.45, 2.75) is 58.9 Å². The van der Waals surface area contributed by atoms with Crippen LogP contribution in [0.15, 0.2) is 6.07 Å².